The summed E-state index contributed by atoms with van der Waals surface area (Å²) in [5.41, 5.74) is 10.6. The molecule has 0 aromatic heterocycles. The molecule has 5 nitrogen and oxygen atoms in total. The van der Waals surface area contributed by atoms with Crippen LogP contribution in [-0.4, -0.2) is 35.3 Å². The molecule has 0 bridgehead atoms. The summed E-state index contributed by atoms with van der Waals surface area (Å²) in [4.78, 5) is 24.2. The molecule has 6 heteroatoms. The van der Waals surface area contributed by atoms with Gasteiger partial charge in [-0.15, -0.1) is 12.4 Å². The van der Waals surface area contributed by atoms with Gasteiger partial charge in [0, 0.05) is 12.6 Å². The van der Waals surface area contributed by atoms with Crippen LogP contribution in [0, 0.1) is 5.92 Å². The van der Waals surface area contributed by atoms with Crippen molar-refractivity contribution >= 4 is 24.2 Å². The number of amides is 2. The molecular formula is C10H20ClN3O2. The van der Waals surface area contributed by atoms with Crippen LogP contribution in [-0.2, 0) is 9.59 Å². The number of carbonyl (C=O) groups is 2. The first kappa shape index (κ1) is 15.2. The number of nitrogens with two attached hydrogens (primary N) is 2. The Morgan fingerprint density at radius 3 is 2.38 bits per heavy atom. The molecule has 3 atom stereocenters. The van der Waals surface area contributed by atoms with E-state index in [2.05, 4.69) is 6.92 Å². The van der Waals surface area contributed by atoms with E-state index in [9.17, 15) is 9.59 Å². The Hall–Kier alpha value is -0.810. The minimum atomic E-state index is -0.782. The molecule has 1 rings (SSSR count). The molecule has 0 aliphatic carbocycles. The van der Waals surface area contributed by atoms with Gasteiger partial charge in [0.1, 0.15) is 0 Å². The number of carbonyl (C=O) groups excluding carboxylic acids is 2. The van der Waals surface area contributed by atoms with Crippen molar-refractivity contribution in [2.75, 3.05) is 6.54 Å². The predicted molar refractivity (Wildman–Crippen MR) is 64.0 cm³/mol. The van der Waals surface area contributed by atoms with Crippen LogP contribution in [0.5, 0.6) is 0 Å². The zero-order valence-corrected chi connectivity index (χ0v) is 10.5. The fourth-order valence-corrected chi connectivity index (χ4v) is 1.92. The second kappa shape index (κ2) is 6.06. The summed E-state index contributed by atoms with van der Waals surface area (Å²) in [6.45, 7) is 4.84. The van der Waals surface area contributed by atoms with Crippen molar-refractivity contribution in [1.82, 2.24) is 4.90 Å². The van der Waals surface area contributed by atoms with Crippen molar-refractivity contribution in [3.63, 3.8) is 0 Å². The predicted octanol–water partition coefficient (Wildman–Crippen LogP) is -0.132. The van der Waals surface area contributed by atoms with Gasteiger partial charge in [-0.25, -0.2) is 0 Å². The van der Waals surface area contributed by atoms with E-state index >= 15 is 0 Å². The molecular weight excluding hydrogens is 230 g/mol. The van der Waals surface area contributed by atoms with E-state index in [0.29, 0.717) is 5.92 Å². The van der Waals surface area contributed by atoms with Crippen LogP contribution in [0.25, 0.3) is 0 Å². The van der Waals surface area contributed by atoms with Crippen molar-refractivity contribution in [1.29, 1.82) is 0 Å². The lowest BCUT2D eigenvalue weighted by Crippen LogP contribution is -2.47. The van der Waals surface area contributed by atoms with Gasteiger partial charge in [0.15, 0.2) is 0 Å². The highest BCUT2D eigenvalue weighted by Crippen LogP contribution is 2.23. The molecule has 1 aliphatic heterocycles. The fourth-order valence-electron chi connectivity index (χ4n) is 1.92. The molecule has 2 amide bonds. The first-order valence-corrected chi connectivity index (χ1v) is 5.28. The molecule has 3 unspecified atom stereocenters. The maximum absolute atomic E-state index is 11.8. The lowest BCUT2D eigenvalue weighted by molar-refractivity contribution is -0.135. The van der Waals surface area contributed by atoms with E-state index in [1.807, 2.05) is 6.92 Å². The molecule has 1 heterocycles. The van der Waals surface area contributed by atoms with E-state index in [4.69, 9.17) is 11.5 Å². The van der Waals surface area contributed by atoms with Crippen LogP contribution in [0.2, 0.25) is 0 Å². The third kappa shape index (κ3) is 3.35. The Bertz CT molecular complexity index is 273. The second-order valence-corrected chi connectivity index (χ2v) is 4.32. The fraction of sp³-hybridized carbons (Fsp3) is 0.800. The normalized spacial score (nSPS) is 26.1. The van der Waals surface area contributed by atoms with E-state index in [1.54, 1.807) is 4.90 Å². The van der Waals surface area contributed by atoms with Gasteiger partial charge in [-0.2, -0.15) is 0 Å². The number of rotatable bonds is 3. The van der Waals surface area contributed by atoms with Crippen LogP contribution < -0.4 is 11.5 Å². The maximum Gasteiger partial charge on any atom is 0.240 e. The summed E-state index contributed by atoms with van der Waals surface area (Å²) in [5.74, 6) is -0.198. The smallest absolute Gasteiger partial charge is 0.240 e. The number of hydrogen-bond donors (Lipinski definition) is 2. The van der Waals surface area contributed by atoms with Crippen LogP contribution >= 0.6 is 12.4 Å². The Kier molecular flexibility index (Phi) is 5.75. The van der Waals surface area contributed by atoms with Gasteiger partial charge in [0.05, 0.1) is 12.5 Å². The summed E-state index contributed by atoms with van der Waals surface area (Å²) in [7, 11) is 0. The highest BCUT2D eigenvalue weighted by molar-refractivity contribution is 5.87. The monoisotopic (exact) mass is 249 g/mol. The van der Waals surface area contributed by atoms with Crippen molar-refractivity contribution < 1.29 is 9.59 Å². The third-order valence-electron chi connectivity index (χ3n) is 3.16. The van der Waals surface area contributed by atoms with Gasteiger partial charge < -0.3 is 16.4 Å². The van der Waals surface area contributed by atoms with Crippen LogP contribution in [0.15, 0.2) is 0 Å². The zero-order valence-electron chi connectivity index (χ0n) is 9.68. The molecule has 1 aliphatic rings. The Morgan fingerprint density at radius 2 is 2.00 bits per heavy atom. The molecule has 0 spiro atoms. The van der Waals surface area contributed by atoms with Gasteiger partial charge >= 0.3 is 0 Å². The van der Waals surface area contributed by atoms with E-state index in [1.165, 1.54) is 0 Å². The minimum Gasteiger partial charge on any atom is -0.370 e. The zero-order chi connectivity index (χ0) is 11.6. The van der Waals surface area contributed by atoms with Gasteiger partial charge in [-0.1, -0.05) is 6.92 Å². The van der Waals surface area contributed by atoms with E-state index < -0.39 is 11.9 Å². The Labute approximate surface area is 102 Å². The molecule has 94 valence electrons. The van der Waals surface area contributed by atoms with Crippen molar-refractivity contribution in [3.05, 3.63) is 0 Å². The third-order valence-corrected chi connectivity index (χ3v) is 3.16. The summed E-state index contributed by atoms with van der Waals surface area (Å²) < 4.78 is 0. The van der Waals surface area contributed by atoms with Gasteiger partial charge in [0.2, 0.25) is 11.8 Å². The average Bonchev–Trinajstić information content (AvgIpc) is 2.45. The Morgan fingerprint density at radius 1 is 1.44 bits per heavy atom. The largest absolute Gasteiger partial charge is 0.370 e. The first-order chi connectivity index (χ1) is 6.93. The van der Waals surface area contributed by atoms with Gasteiger partial charge in [0.25, 0.3) is 0 Å². The SMILES string of the molecule is CC1CCN(C(=O)C(N)CC(N)=O)C1C.Cl. The Balaban J connectivity index is 0.00000225. The quantitative estimate of drug-likeness (QED) is 0.730. The lowest BCUT2D eigenvalue weighted by Gasteiger charge is -2.25. The minimum absolute atomic E-state index is 0. The number of hydrogen-bond acceptors (Lipinski definition) is 3. The first-order valence-electron chi connectivity index (χ1n) is 5.28. The maximum atomic E-state index is 11.8. The molecule has 0 saturated carbocycles. The summed E-state index contributed by atoms with van der Waals surface area (Å²) >= 11 is 0. The topological polar surface area (TPSA) is 89.4 Å². The highest BCUT2D eigenvalue weighted by Gasteiger charge is 2.33. The van der Waals surface area contributed by atoms with Gasteiger partial charge in [-0.05, 0) is 19.3 Å². The van der Waals surface area contributed by atoms with E-state index in [-0.39, 0.29) is 30.8 Å². The molecule has 0 aromatic rings. The average molecular weight is 250 g/mol. The second-order valence-electron chi connectivity index (χ2n) is 4.32. The molecule has 4 N–H and O–H groups in total. The van der Waals surface area contributed by atoms with Crippen molar-refractivity contribution in [3.8, 4) is 0 Å². The molecule has 1 saturated heterocycles. The van der Waals surface area contributed by atoms with Crippen molar-refractivity contribution in [2.45, 2.75) is 38.8 Å². The van der Waals surface area contributed by atoms with Crippen LogP contribution in [0.1, 0.15) is 26.7 Å². The van der Waals surface area contributed by atoms with Crippen molar-refractivity contribution in [2.24, 2.45) is 17.4 Å². The standard InChI is InChI=1S/C10H19N3O2.ClH/c1-6-3-4-13(7(6)2)10(15)8(11)5-9(12)14;/h6-8H,3-5,11H2,1-2H3,(H2,12,14);1H. The number of likely N-dealkylation sites (tertiary alicyclic amines) is 1. The van der Waals surface area contributed by atoms with Crippen LogP contribution in [0.3, 0.4) is 0 Å². The summed E-state index contributed by atoms with van der Waals surface area (Å²) in [6, 6.07) is -0.577. The summed E-state index contributed by atoms with van der Waals surface area (Å²) in [6.07, 6.45) is 0.923. The lowest BCUT2D eigenvalue weighted by atomic mass is 10.0. The number of nitrogens with zero attached hydrogens (tertiary/aromatic N) is 1. The molecule has 16 heavy (non-hydrogen) atoms. The molecule has 1 fully saturated rings. The van der Waals surface area contributed by atoms with Crippen LogP contribution in [0.4, 0.5) is 0 Å². The summed E-state index contributed by atoms with van der Waals surface area (Å²) in [5, 5.41) is 0. The molecule has 0 radical (unpaired) electrons. The number of halogens is 1. The van der Waals surface area contributed by atoms with E-state index in [0.717, 1.165) is 13.0 Å². The number of primary amides is 1. The highest BCUT2D eigenvalue weighted by atomic mass is 35.5. The van der Waals surface area contributed by atoms with Gasteiger partial charge in [-0.3, -0.25) is 9.59 Å². The molecule has 0 aromatic carbocycles.